The van der Waals surface area contributed by atoms with Crippen LogP contribution < -0.4 is 19.1 Å². The molecule has 1 fully saturated rings. The van der Waals surface area contributed by atoms with Gasteiger partial charge in [-0.15, -0.1) is 0 Å². The van der Waals surface area contributed by atoms with E-state index < -0.39 is 10.0 Å². The van der Waals surface area contributed by atoms with Crippen molar-refractivity contribution in [2.24, 2.45) is 0 Å². The first kappa shape index (κ1) is 19.7. The molecule has 2 aromatic carbocycles. The molecule has 1 heterocycles. The van der Waals surface area contributed by atoms with E-state index in [4.69, 9.17) is 9.47 Å². The Morgan fingerprint density at radius 1 is 1.10 bits per heavy atom. The fraction of sp³-hybridized carbons (Fsp3) is 0.381. The highest BCUT2D eigenvalue weighted by Gasteiger charge is 2.24. The maximum atomic E-state index is 12.6. The van der Waals surface area contributed by atoms with Crippen LogP contribution in [0.2, 0.25) is 0 Å². The van der Waals surface area contributed by atoms with E-state index in [1.165, 1.54) is 12.1 Å². The van der Waals surface area contributed by atoms with Gasteiger partial charge in [-0.3, -0.25) is 4.79 Å². The van der Waals surface area contributed by atoms with Crippen molar-refractivity contribution in [3.05, 3.63) is 48.5 Å². The number of carbonyl (C=O) groups is 1. The quantitative estimate of drug-likeness (QED) is 0.783. The largest absolute Gasteiger partial charge is 0.490 e. The predicted molar refractivity (Wildman–Crippen MR) is 109 cm³/mol. The molecule has 0 spiro atoms. The number of para-hydroxylation sites is 2. The second-order valence-electron chi connectivity index (χ2n) is 7.22. The number of benzene rings is 2. The maximum absolute atomic E-state index is 12.6. The number of hydrogen-bond acceptors (Lipinski definition) is 5. The number of ether oxygens (including phenoxy) is 2. The van der Waals surface area contributed by atoms with Crippen molar-refractivity contribution in [1.29, 1.82) is 0 Å². The van der Waals surface area contributed by atoms with E-state index in [0.717, 1.165) is 31.4 Å². The molecule has 1 N–H and O–H groups in total. The number of amides is 1. The van der Waals surface area contributed by atoms with Crippen molar-refractivity contribution < 1.29 is 22.7 Å². The average Bonchev–Trinajstić information content (AvgIpc) is 3.24. The van der Waals surface area contributed by atoms with Gasteiger partial charge in [-0.1, -0.05) is 25.0 Å². The average molecular weight is 416 g/mol. The minimum absolute atomic E-state index is 0.0185. The number of nitrogens with one attached hydrogen (secondary N) is 1. The molecule has 0 atom stereocenters. The third-order valence-electron chi connectivity index (χ3n) is 5.20. The van der Waals surface area contributed by atoms with Crippen LogP contribution in [0.15, 0.2) is 53.4 Å². The summed E-state index contributed by atoms with van der Waals surface area (Å²) in [6, 6.07) is 13.5. The number of hydrogen-bond donors (Lipinski definition) is 1. The zero-order valence-corrected chi connectivity index (χ0v) is 16.9. The zero-order chi connectivity index (χ0) is 20.3. The fourth-order valence-electron chi connectivity index (χ4n) is 3.70. The first-order valence-electron chi connectivity index (χ1n) is 9.80. The van der Waals surface area contributed by atoms with E-state index in [-0.39, 0.29) is 23.5 Å². The lowest BCUT2D eigenvalue weighted by Gasteiger charge is -2.29. The Morgan fingerprint density at radius 2 is 1.83 bits per heavy atom. The van der Waals surface area contributed by atoms with Gasteiger partial charge in [0.15, 0.2) is 6.61 Å². The summed E-state index contributed by atoms with van der Waals surface area (Å²) < 4.78 is 38.8. The second kappa shape index (κ2) is 8.42. The van der Waals surface area contributed by atoms with Gasteiger partial charge in [0.1, 0.15) is 18.1 Å². The van der Waals surface area contributed by atoms with Crippen molar-refractivity contribution in [3.63, 3.8) is 0 Å². The van der Waals surface area contributed by atoms with Gasteiger partial charge >= 0.3 is 0 Å². The van der Waals surface area contributed by atoms with Gasteiger partial charge in [0.05, 0.1) is 17.1 Å². The Kier molecular flexibility index (Phi) is 5.73. The molecule has 154 valence electrons. The van der Waals surface area contributed by atoms with Gasteiger partial charge in [0.2, 0.25) is 10.0 Å². The molecule has 1 aliphatic carbocycles. The van der Waals surface area contributed by atoms with Crippen molar-refractivity contribution in [2.45, 2.75) is 36.6 Å². The lowest BCUT2D eigenvalue weighted by molar-refractivity contribution is -0.120. The summed E-state index contributed by atoms with van der Waals surface area (Å²) >= 11 is 0. The number of sulfonamides is 1. The van der Waals surface area contributed by atoms with E-state index in [0.29, 0.717) is 24.7 Å². The summed E-state index contributed by atoms with van der Waals surface area (Å²) in [7, 11) is -3.54. The number of carbonyl (C=O) groups excluding carboxylic acids is 1. The summed E-state index contributed by atoms with van der Waals surface area (Å²) in [6.07, 6.45) is 3.88. The van der Waals surface area contributed by atoms with Crippen LogP contribution in [0.3, 0.4) is 0 Å². The van der Waals surface area contributed by atoms with Crippen molar-refractivity contribution in [2.75, 3.05) is 24.7 Å². The van der Waals surface area contributed by atoms with E-state index in [1.807, 2.05) is 24.3 Å². The molecule has 0 unspecified atom stereocenters. The van der Waals surface area contributed by atoms with Crippen LogP contribution in [0.1, 0.15) is 25.7 Å². The molecule has 4 rings (SSSR count). The SMILES string of the molecule is O=C(COc1ccc(S(=O)(=O)NC2CCCC2)cc1)N1CCOc2ccccc21. The molecular formula is C21H24N2O5S. The van der Waals surface area contributed by atoms with Gasteiger partial charge in [0, 0.05) is 6.04 Å². The summed E-state index contributed by atoms with van der Waals surface area (Å²) in [5, 5.41) is 0. The molecule has 0 bridgehead atoms. The van der Waals surface area contributed by atoms with E-state index >= 15 is 0 Å². The lowest BCUT2D eigenvalue weighted by Crippen LogP contribution is -2.40. The van der Waals surface area contributed by atoms with Crippen molar-refractivity contribution in [1.82, 2.24) is 4.72 Å². The monoisotopic (exact) mass is 416 g/mol. The molecule has 0 saturated heterocycles. The molecule has 1 amide bonds. The van der Waals surface area contributed by atoms with Gasteiger partial charge < -0.3 is 14.4 Å². The predicted octanol–water partition coefficient (Wildman–Crippen LogP) is 2.71. The highest BCUT2D eigenvalue weighted by atomic mass is 32.2. The Bertz CT molecular complexity index is 969. The molecule has 8 heteroatoms. The molecule has 1 aliphatic heterocycles. The lowest BCUT2D eigenvalue weighted by atomic mass is 10.2. The van der Waals surface area contributed by atoms with Crippen LogP contribution in [0, 0.1) is 0 Å². The van der Waals surface area contributed by atoms with Crippen LogP contribution in [0.5, 0.6) is 11.5 Å². The minimum Gasteiger partial charge on any atom is -0.490 e. The summed E-state index contributed by atoms with van der Waals surface area (Å²) in [4.78, 5) is 14.4. The molecule has 0 radical (unpaired) electrons. The number of nitrogens with zero attached hydrogens (tertiary/aromatic N) is 1. The molecule has 1 saturated carbocycles. The van der Waals surface area contributed by atoms with Crippen LogP contribution in [0.25, 0.3) is 0 Å². The molecule has 2 aromatic rings. The Balaban J connectivity index is 1.36. The second-order valence-corrected chi connectivity index (χ2v) is 8.94. The van der Waals surface area contributed by atoms with Crippen LogP contribution in [-0.4, -0.2) is 40.1 Å². The Labute approximate surface area is 170 Å². The molecule has 0 aromatic heterocycles. The number of anilines is 1. The Morgan fingerprint density at radius 3 is 2.59 bits per heavy atom. The highest BCUT2D eigenvalue weighted by Crippen LogP contribution is 2.31. The molecule has 7 nitrogen and oxygen atoms in total. The van der Waals surface area contributed by atoms with Gasteiger partial charge in [0.25, 0.3) is 5.91 Å². The van der Waals surface area contributed by atoms with E-state index in [9.17, 15) is 13.2 Å². The Hall–Kier alpha value is -2.58. The molecule has 29 heavy (non-hydrogen) atoms. The van der Waals surface area contributed by atoms with E-state index in [2.05, 4.69) is 4.72 Å². The molecule has 2 aliphatic rings. The summed E-state index contributed by atoms with van der Waals surface area (Å²) in [6.45, 7) is 0.757. The van der Waals surface area contributed by atoms with Crippen LogP contribution >= 0.6 is 0 Å². The normalized spacial score (nSPS) is 16.9. The molecular weight excluding hydrogens is 392 g/mol. The summed E-state index contributed by atoms with van der Waals surface area (Å²) in [5.41, 5.74) is 0.728. The first-order chi connectivity index (χ1) is 14.0. The van der Waals surface area contributed by atoms with E-state index in [1.54, 1.807) is 17.0 Å². The third kappa shape index (κ3) is 4.54. The van der Waals surface area contributed by atoms with Crippen molar-refractivity contribution in [3.8, 4) is 11.5 Å². The summed E-state index contributed by atoms with van der Waals surface area (Å²) in [5.74, 6) is 0.941. The van der Waals surface area contributed by atoms with Gasteiger partial charge in [-0.25, -0.2) is 13.1 Å². The standard InChI is InChI=1S/C21H24N2O5S/c24-21(23-13-14-27-20-8-4-3-7-19(20)23)15-28-17-9-11-18(12-10-17)29(25,26)22-16-5-1-2-6-16/h3-4,7-12,16,22H,1-2,5-6,13-15H2. The maximum Gasteiger partial charge on any atom is 0.265 e. The first-order valence-corrected chi connectivity index (χ1v) is 11.3. The van der Waals surface area contributed by atoms with Crippen LogP contribution in [-0.2, 0) is 14.8 Å². The highest BCUT2D eigenvalue weighted by molar-refractivity contribution is 7.89. The fourth-order valence-corrected chi connectivity index (χ4v) is 5.00. The zero-order valence-electron chi connectivity index (χ0n) is 16.0. The number of rotatable bonds is 6. The topological polar surface area (TPSA) is 84.9 Å². The van der Waals surface area contributed by atoms with Crippen molar-refractivity contribution >= 4 is 21.6 Å². The van der Waals surface area contributed by atoms with Gasteiger partial charge in [-0.2, -0.15) is 0 Å². The number of fused-ring (bicyclic) bond motifs is 1. The minimum atomic E-state index is -3.54. The third-order valence-corrected chi connectivity index (χ3v) is 6.74. The smallest absolute Gasteiger partial charge is 0.265 e. The van der Waals surface area contributed by atoms with Gasteiger partial charge in [-0.05, 0) is 49.2 Å². The van der Waals surface area contributed by atoms with Crippen LogP contribution in [0.4, 0.5) is 5.69 Å².